The monoisotopic (exact) mass is 531 g/mol. The number of carbonyl (C=O) groups is 2. The van der Waals surface area contributed by atoms with Crippen molar-refractivity contribution in [1.29, 1.82) is 0 Å². The highest BCUT2D eigenvalue weighted by Gasteiger charge is 2.31. The molecule has 34 heavy (non-hydrogen) atoms. The van der Waals surface area contributed by atoms with Crippen LogP contribution in [0.15, 0.2) is 42.5 Å². The second-order valence-electron chi connectivity index (χ2n) is 7.73. The third kappa shape index (κ3) is 7.58. The third-order valence-electron chi connectivity index (χ3n) is 5.05. The minimum atomic E-state index is -3.94. The van der Waals surface area contributed by atoms with Crippen molar-refractivity contribution in [2.45, 2.75) is 39.3 Å². The molecule has 0 saturated heterocycles. The number of sulfonamides is 1. The van der Waals surface area contributed by atoms with Gasteiger partial charge in [-0.1, -0.05) is 49.2 Å². The van der Waals surface area contributed by atoms with E-state index in [0.717, 1.165) is 16.6 Å². The summed E-state index contributed by atoms with van der Waals surface area (Å²) in [4.78, 5) is 27.6. The Morgan fingerprint density at radius 1 is 1.09 bits per heavy atom. The SMILES string of the molecule is CCCNC(=O)[C@@H](CC)N(Cc1ccc(Cl)c(Cl)c1)C(=O)CN(c1cccc(F)c1)S(C)(=O)=O. The van der Waals surface area contributed by atoms with Gasteiger partial charge in [0.2, 0.25) is 21.8 Å². The molecule has 0 aliphatic rings. The topological polar surface area (TPSA) is 86.8 Å². The van der Waals surface area contributed by atoms with E-state index in [2.05, 4.69) is 5.32 Å². The third-order valence-corrected chi connectivity index (χ3v) is 6.93. The first-order chi connectivity index (χ1) is 16.0. The molecule has 2 aromatic rings. The Balaban J connectivity index is 2.44. The zero-order valence-corrected chi connectivity index (χ0v) is 21.6. The van der Waals surface area contributed by atoms with Gasteiger partial charge in [-0.25, -0.2) is 12.8 Å². The molecule has 2 rings (SSSR count). The lowest BCUT2D eigenvalue weighted by atomic mass is 10.1. The van der Waals surface area contributed by atoms with Crippen LogP contribution in [0.5, 0.6) is 0 Å². The summed E-state index contributed by atoms with van der Waals surface area (Å²) in [5, 5.41) is 3.41. The van der Waals surface area contributed by atoms with Crippen LogP contribution in [0, 0.1) is 5.82 Å². The summed E-state index contributed by atoms with van der Waals surface area (Å²) in [5.74, 6) is -1.62. The maximum Gasteiger partial charge on any atom is 0.244 e. The molecule has 7 nitrogen and oxygen atoms in total. The molecule has 0 radical (unpaired) electrons. The lowest BCUT2D eigenvalue weighted by Gasteiger charge is -2.33. The quantitative estimate of drug-likeness (QED) is 0.469. The number of halogens is 3. The van der Waals surface area contributed by atoms with E-state index in [1.807, 2.05) is 6.92 Å². The molecule has 0 unspecified atom stereocenters. The Bertz CT molecular complexity index is 1130. The molecule has 0 bridgehead atoms. The summed E-state index contributed by atoms with van der Waals surface area (Å²) < 4.78 is 39.6. The Labute approximate surface area is 209 Å². The fourth-order valence-electron chi connectivity index (χ4n) is 3.37. The molecule has 2 aromatic carbocycles. The molecule has 186 valence electrons. The molecule has 0 saturated carbocycles. The fraction of sp³-hybridized carbons (Fsp3) is 0.391. The average molecular weight is 532 g/mol. The fourth-order valence-corrected chi connectivity index (χ4v) is 4.53. The van der Waals surface area contributed by atoms with Gasteiger partial charge >= 0.3 is 0 Å². The minimum absolute atomic E-state index is 0.00543. The van der Waals surface area contributed by atoms with E-state index in [1.54, 1.807) is 25.1 Å². The van der Waals surface area contributed by atoms with Crippen LogP contribution in [0.25, 0.3) is 0 Å². The molecule has 0 aliphatic heterocycles. The van der Waals surface area contributed by atoms with Crippen molar-refractivity contribution in [3.05, 3.63) is 63.9 Å². The number of anilines is 1. The van der Waals surface area contributed by atoms with Crippen molar-refractivity contribution < 1.29 is 22.4 Å². The molecular formula is C23H28Cl2FN3O4S. The lowest BCUT2D eigenvalue weighted by molar-refractivity contribution is -0.140. The Morgan fingerprint density at radius 3 is 2.35 bits per heavy atom. The summed E-state index contributed by atoms with van der Waals surface area (Å²) in [6.45, 7) is 3.48. The minimum Gasteiger partial charge on any atom is -0.354 e. The highest BCUT2D eigenvalue weighted by atomic mass is 35.5. The molecule has 0 spiro atoms. The molecule has 0 aromatic heterocycles. The maximum atomic E-state index is 13.8. The predicted octanol–water partition coefficient (Wildman–Crippen LogP) is 4.23. The standard InChI is InChI=1S/C23H28Cl2FN3O4S/c1-4-11-27-23(31)21(5-2)28(14-16-9-10-19(24)20(25)12-16)22(30)15-29(34(3,32)33)18-8-6-7-17(26)13-18/h6-10,12-13,21H,4-5,11,14-15H2,1-3H3,(H,27,31)/t21-/m1/s1. The van der Waals surface area contributed by atoms with Crippen LogP contribution in [0.4, 0.5) is 10.1 Å². The first-order valence-electron chi connectivity index (χ1n) is 10.7. The molecule has 1 N–H and O–H groups in total. The summed E-state index contributed by atoms with van der Waals surface area (Å²) in [7, 11) is -3.94. The number of benzene rings is 2. The molecule has 1 atom stereocenters. The summed E-state index contributed by atoms with van der Waals surface area (Å²) in [5.41, 5.74) is 0.620. The van der Waals surface area contributed by atoms with Crippen molar-refractivity contribution >= 4 is 50.7 Å². The van der Waals surface area contributed by atoms with Crippen LogP contribution in [0.1, 0.15) is 32.3 Å². The van der Waals surface area contributed by atoms with Gasteiger partial charge in [-0.3, -0.25) is 13.9 Å². The van der Waals surface area contributed by atoms with Crippen molar-refractivity contribution in [2.24, 2.45) is 0 Å². The van der Waals surface area contributed by atoms with Crippen LogP contribution in [-0.2, 0) is 26.2 Å². The van der Waals surface area contributed by atoms with Crippen molar-refractivity contribution in [1.82, 2.24) is 10.2 Å². The number of hydrogen-bond acceptors (Lipinski definition) is 4. The molecule has 2 amide bonds. The van der Waals surface area contributed by atoms with Crippen LogP contribution in [0.3, 0.4) is 0 Å². The number of hydrogen-bond donors (Lipinski definition) is 1. The Kier molecular flexibility index (Phi) is 10.1. The van der Waals surface area contributed by atoms with Crippen molar-refractivity contribution in [3.8, 4) is 0 Å². The second kappa shape index (κ2) is 12.4. The van der Waals surface area contributed by atoms with E-state index in [1.165, 1.54) is 23.1 Å². The molecule has 11 heteroatoms. The predicted molar refractivity (Wildman–Crippen MR) is 133 cm³/mol. The molecule has 0 fully saturated rings. The van der Waals surface area contributed by atoms with Gasteiger partial charge < -0.3 is 10.2 Å². The molecule has 0 heterocycles. The molecular weight excluding hydrogens is 504 g/mol. The van der Waals surface area contributed by atoms with E-state index in [4.69, 9.17) is 23.2 Å². The van der Waals surface area contributed by atoms with E-state index >= 15 is 0 Å². The Hall–Kier alpha value is -2.36. The zero-order valence-electron chi connectivity index (χ0n) is 19.2. The number of carbonyl (C=O) groups excluding carboxylic acids is 2. The first-order valence-corrected chi connectivity index (χ1v) is 13.3. The van der Waals surface area contributed by atoms with Gasteiger partial charge in [-0.2, -0.15) is 0 Å². The number of rotatable bonds is 11. The van der Waals surface area contributed by atoms with Crippen LogP contribution in [0.2, 0.25) is 10.0 Å². The van der Waals surface area contributed by atoms with Gasteiger partial charge in [0.25, 0.3) is 0 Å². The van der Waals surface area contributed by atoms with Crippen molar-refractivity contribution in [3.63, 3.8) is 0 Å². The van der Waals surface area contributed by atoms with Crippen LogP contribution in [-0.4, -0.2) is 50.5 Å². The smallest absolute Gasteiger partial charge is 0.244 e. The Morgan fingerprint density at radius 2 is 1.79 bits per heavy atom. The highest BCUT2D eigenvalue weighted by molar-refractivity contribution is 7.92. The van der Waals surface area contributed by atoms with Gasteiger partial charge in [-0.05, 0) is 48.7 Å². The van der Waals surface area contributed by atoms with Gasteiger partial charge in [-0.15, -0.1) is 0 Å². The van der Waals surface area contributed by atoms with E-state index in [-0.39, 0.29) is 23.2 Å². The average Bonchev–Trinajstić information content (AvgIpc) is 2.77. The normalized spacial score (nSPS) is 12.2. The van der Waals surface area contributed by atoms with Gasteiger partial charge in [0, 0.05) is 13.1 Å². The van der Waals surface area contributed by atoms with Gasteiger partial charge in [0.15, 0.2) is 0 Å². The second-order valence-corrected chi connectivity index (χ2v) is 10.5. The summed E-state index contributed by atoms with van der Waals surface area (Å²) in [6, 6.07) is 8.93. The lowest BCUT2D eigenvalue weighted by Crippen LogP contribution is -2.52. The maximum absolute atomic E-state index is 13.8. The van der Waals surface area contributed by atoms with E-state index in [0.29, 0.717) is 30.0 Å². The number of nitrogens with one attached hydrogen (secondary N) is 1. The summed E-state index contributed by atoms with van der Waals surface area (Å²) >= 11 is 12.1. The zero-order chi connectivity index (χ0) is 25.5. The molecule has 0 aliphatic carbocycles. The van der Waals surface area contributed by atoms with Gasteiger partial charge in [0.05, 0.1) is 22.0 Å². The largest absolute Gasteiger partial charge is 0.354 e. The number of nitrogens with zero attached hydrogens (tertiary/aromatic N) is 2. The van der Waals surface area contributed by atoms with Crippen LogP contribution < -0.4 is 9.62 Å². The van der Waals surface area contributed by atoms with E-state index in [9.17, 15) is 22.4 Å². The summed E-state index contributed by atoms with van der Waals surface area (Å²) in [6.07, 6.45) is 1.94. The highest BCUT2D eigenvalue weighted by Crippen LogP contribution is 2.25. The number of amides is 2. The van der Waals surface area contributed by atoms with Crippen LogP contribution >= 0.6 is 23.2 Å². The van der Waals surface area contributed by atoms with E-state index < -0.39 is 34.3 Å². The van der Waals surface area contributed by atoms with Gasteiger partial charge in [0.1, 0.15) is 18.4 Å². The van der Waals surface area contributed by atoms with Crippen molar-refractivity contribution in [2.75, 3.05) is 23.7 Å². The first kappa shape index (κ1) is 27.9.